The van der Waals surface area contributed by atoms with E-state index in [1.807, 2.05) is 6.92 Å². The lowest BCUT2D eigenvalue weighted by Gasteiger charge is -2.27. The van der Waals surface area contributed by atoms with Crippen LogP contribution in [0.15, 0.2) is 4.34 Å². The van der Waals surface area contributed by atoms with Crippen molar-refractivity contribution in [1.82, 2.24) is 20.4 Å². The minimum absolute atomic E-state index is 0.0212. The van der Waals surface area contributed by atoms with Crippen LogP contribution in [0.3, 0.4) is 0 Å². The molecule has 1 aliphatic heterocycles. The van der Waals surface area contributed by atoms with Crippen molar-refractivity contribution in [3.8, 4) is 0 Å². The number of nitrogens with zero attached hydrogens (tertiary/aromatic N) is 3. The van der Waals surface area contributed by atoms with Crippen LogP contribution in [0.5, 0.6) is 0 Å². The smallest absolute Gasteiger partial charge is 0.317 e. The van der Waals surface area contributed by atoms with E-state index in [9.17, 15) is 13.2 Å². The SMILES string of the molecule is Cc1nnc(SCCCNC(=O)N(CCO)[C@@H]2CCS(=O)(=O)C2)s1. The maximum absolute atomic E-state index is 12.2. The summed E-state index contributed by atoms with van der Waals surface area (Å²) in [6, 6.07) is -0.663. The van der Waals surface area contributed by atoms with Gasteiger partial charge in [-0.2, -0.15) is 0 Å². The molecule has 2 heterocycles. The lowest BCUT2D eigenvalue weighted by molar-refractivity contribution is 0.158. The van der Waals surface area contributed by atoms with Crippen LogP contribution in [-0.4, -0.2) is 77.6 Å². The van der Waals surface area contributed by atoms with Crippen molar-refractivity contribution in [3.63, 3.8) is 0 Å². The van der Waals surface area contributed by atoms with E-state index in [0.29, 0.717) is 13.0 Å². The molecular formula is C13H22N4O4S3. The van der Waals surface area contributed by atoms with Gasteiger partial charge in [0.2, 0.25) is 0 Å². The third-order valence-corrected chi connectivity index (χ3v) is 7.39. The maximum atomic E-state index is 12.2. The zero-order valence-corrected chi connectivity index (χ0v) is 15.9. The number of carbonyl (C=O) groups excluding carboxylic acids is 1. The Balaban J connectivity index is 1.72. The van der Waals surface area contributed by atoms with Crippen molar-refractivity contribution in [2.24, 2.45) is 0 Å². The Morgan fingerprint density at radius 3 is 2.88 bits per heavy atom. The summed E-state index contributed by atoms with van der Waals surface area (Å²) in [6.45, 7) is 2.35. The summed E-state index contributed by atoms with van der Waals surface area (Å²) in [6.07, 6.45) is 1.20. The molecule has 2 rings (SSSR count). The minimum Gasteiger partial charge on any atom is -0.395 e. The highest BCUT2D eigenvalue weighted by molar-refractivity contribution is 8.01. The van der Waals surface area contributed by atoms with Gasteiger partial charge in [-0.3, -0.25) is 0 Å². The van der Waals surface area contributed by atoms with Crippen molar-refractivity contribution < 1.29 is 18.3 Å². The monoisotopic (exact) mass is 394 g/mol. The number of hydrogen-bond acceptors (Lipinski definition) is 8. The summed E-state index contributed by atoms with van der Waals surface area (Å²) in [7, 11) is -3.07. The molecule has 0 aliphatic carbocycles. The van der Waals surface area contributed by atoms with Crippen molar-refractivity contribution in [2.45, 2.75) is 30.1 Å². The van der Waals surface area contributed by atoms with E-state index in [1.165, 1.54) is 4.90 Å². The Bertz CT molecular complexity index is 649. The fraction of sp³-hybridized carbons (Fsp3) is 0.769. The predicted molar refractivity (Wildman–Crippen MR) is 94.2 cm³/mol. The first-order valence-electron chi connectivity index (χ1n) is 7.70. The highest BCUT2D eigenvalue weighted by Crippen LogP contribution is 2.22. The average molecular weight is 395 g/mol. The number of aromatic nitrogens is 2. The molecule has 0 radical (unpaired) electrons. The first kappa shape index (κ1) is 19.4. The summed E-state index contributed by atoms with van der Waals surface area (Å²) >= 11 is 3.14. The van der Waals surface area contributed by atoms with Crippen LogP contribution >= 0.6 is 23.1 Å². The van der Waals surface area contributed by atoms with E-state index in [1.54, 1.807) is 23.1 Å². The highest BCUT2D eigenvalue weighted by Gasteiger charge is 2.34. The normalized spacial score (nSPS) is 19.3. The molecule has 1 saturated heterocycles. The fourth-order valence-corrected chi connectivity index (χ4v) is 6.00. The van der Waals surface area contributed by atoms with Crippen LogP contribution < -0.4 is 5.32 Å². The topological polar surface area (TPSA) is 112 Å². The van der Waals surface area contributed by atoms with E-state index >= 15 is 0 Å². The first-order valence-corrected chi connectivity index (χ1v) is 11.3. The summed E-state index contributed by atoms with van der Waals surface area (Å²) < 4.78 is 24.1. The second kappa shape index (κ2) is 8.97. The van der Waals surface area contributed by atoms with E-state index < -0.39 is 9.84 Å². The van der Waals surface area contributed by atoms with E-state index in [2.05, 4.69) is 15.5 Å². The van der Waals surface area contributed by atoms with Gasteiger partial charge in [-0.05, 0) is 19.8 Å². The van der Waals surface area contributed by atoms with Gasteiger partial charge in [0.1, 0.15) is 5.01 Å². The molecule has 0 bridgehead atoms. The number of hydrogen-bond donors (Lipinski definition) is 2. The van der Waals surface area contributed by atoms with Crippen LogP contribution in [-0.2, 0) is 9.84 Å². The van der Waals surface area contributed by atoms with Crippen molar-refractivity contribution in [3.05, 3.63) is 5.01 Å². The Hall–Kier alpha value is -0.910. The number of aliphatic hydroxyl groups is 1. The van der Waals surface area contributed by atoms with Gasteiger partial charge in [-0.25, -0.2) is 13.2 Å². The van der Waals surface area contributed by atoms with Gasteiger partial charge < -0.3 is 15.3 Å². The third-order valence-electron chi connectivity index (χ3n) is 3.58. The number of thioether (sulfide) groups is 1. The minimum atomic E-state index is -3.07. The molecule has 1 fully saturated rings. The molecule has 1 aliphatic rings. The molecule has 1 atom stereocenters. The number of aryl methyl sites for hydroxylation is 1. The van der Waals surface area contributed by atoms with Crippen LogP contribution in [0.2, 0.25) is 0 Å². The quantitative estimate of drug-likeness (QED) is 0.488. The van der Waals surface area contributed by atoms with Gasteiger partial charge in [0, 0.05) is 24.9 Å². The summed E-state index contributed by atoms with van der Waals surface area (Å²) in [5.41, 5.74) is 0. The van der Waals surface area contributed by atoms with Crippen molar-refractivity contribution in [1.29, 1.82) is 0 Å². The molecule has 24 heavy (non-hydrogen) atoms. The summed E-state index contributed by atoms with van der Waals surface area (Å²) in [5.74, 6) is 0.893. The average Bonchev–Trinajstić information content (AvgIpc) is 3.09. The predicted octanol–water partition coefficient (Wildman–Crippen LogP) is 0.520. The summed E-state index contributed by atoms with van der Waals surface area (Å²) in [5, 5.41) is 20.8. The standard InChI is InChI=1S/C13H22N4O4S3/c1-10-15-16-13(23-10)22-7-2-4-14-12(19)17(5-6-18)11-3-8-24(20,21)9-11/h11,18H,2-9H2,1H3,(H,14,19)/t11-/m1/s1. The number of aliphatic hydroxyl groups excluding tert-OH is 1. The molecule has 8 nitrogen and oxygen atoms in total. The van der Waals surface area contributed by atoms with Crippen LogP contribution in [0, 0.1) is 6.92 Å². The largest absolute Gasteiger partial charge is 0.395 e. The lowest BCUT2D eigenvalue weighted by Crippen LogP contribution is -2.48. The molecule has 11 heteroatoms. The van der Waals surface area contributed by atoms with Crippen LogP contribution in [0.4, 0.5) is 4.79 Å². The van der Waals surface area contributed by atoms with Gasteiger partial charge in [0.25, 0.3) is 0 Å². The number of sulfone groups is 1. The fourth-order valence-electron chi connectivity index (χ4n) is 2.44. The molecule has 1 aromatic rings. The molecule has 0 saturated carbocycles. The van der Waals surface area contributed by atoms with Gasteiger partial charge in [-0.15, -0.1) is 10.2 Å². The molecule has 136 valence electrons. The number of amides is 2. The zero-order valence-electron chi connectivity index (χ0n) is 13.5. The first-order chi connectivity index (χ1) is 11.4. The van der Waals surface area contributed by atoms with Gasteiger partial charge in [-0.1, -0.05) is 23.1 Å². The number of urea groups is 1. The molecule has 2 amide bonds. The molecule has 2 N–H and O–H groups in total. The second-order valence-electron chi connectivity index (χ2n) is 5.49. The second-order valence-corrected chi connectivity index (χ2v) is 10.2. The van der Waals surface area contributed by atoms with E-state index in [0.717, 1.165) is 21.5 Å². The van der Waals surface area contributed by atoms with Crippen molar-refractivity contribution in [2.75, 3.05) is 37.0 Å². The molecule has 0 aromatic carbocycles. The molecule has 0 unspecified atom stereocenters. The Labute approximate surface area is 150 Å². The van der Waals surface area contributed by atoms with E-state index in [4.69, 9.17) is 5.11 Å². The number of rotatable bonds is 8. The Kier molecular flexibility index (Phi) is 7.26. The maximum Gasteiger partial charge on any atom is 0.317 e. The van der Waals surface area contributed by atoms with Crippen LogP contribution in [0.25, 0.3) is 0 Å². The number of nitrogens with one attached hydrogen (secondary N) is 1. The molecule has 1 aromatic heterocycles. The van der Waals surface area contributed by atoms with Crippen molar-refractivity contribution >= 4 is 39.0 Å². The zero-order chi connectivity index (χ0) is 17.6. The Morgan fingerprint density at radius 2 is 2.29 bits per heavy atom. The third kappa shape index (κ3) is 5.87. The number of carbonyl (C=O) groups is 1. The highest BCUT2D eigenvalue weighted by atomic mass is 32.2. The van der Waals surface area contributed by atoms with Gasteiger partial charge in [0.15, 0.2) is 14.2 Å². The van der Waals surface area contributed by atoms with E-state index in [-0.39, 0.29) is 36.7 Å². The van der Waals surface area contributed by atoms with Crippen LogP contribution in [0.1, 0.15) is 17.8 Å². The molecule has 0 spiro atoms. The Morgan fingerprint density at radius 1 is 1.50 bits per heavy atom. The summed E-state index contributed by atoms with van der Waals surface area (Å²) in [4.78, 5) is 13.7. The van der Waals surface area contributed by atoms with Gasteiger partial charge >= 0.3 is 6.03 Å². The van der Waals surface area contributed by atoms with Gasteiger partial charge in [0.05, 0.1) is 18.1 Å². The lowest BCUT2D eigenvalue weighted by atomic mass is 10.2. The molecular weight excluding hydrogens is 372 g/mol.